The van der Waals surface area contributed by atoms with E-state index in [2.05, 4.69) is 32.8 Å². The second-order valence-corrected chi connectivity index (χ2v) is 4.56. The molecule has 1 aliphatic rings. The minimum Gasteiger partial charge on any atom is -0.312 e. The van der Waals surface area contributed by atoms with Gasteiger partial charge in [-0.3, -0.25) is 4.90 Å². The molecule has 1 heterocycles. The van der Waals surface area contributed by atoms with Crippen LogP contribution in [0.1, 0.15) is 26.7 Å². The van der Waals surface area contributed by atoms with Gasteiger partial charge in [0, 0.05) is 6.54 Å². The fraction of sp³-hybridized carbons (Fsp3) is 1.00. The molecule has 72 valence electrons. The summed E-state index contributed by atoms with van der Waals surface area (Å²) >= 11 is 0. The fourth-order valence-electron chi connectivity index (χ4n) is 2.31. The average Bonchev–Trinajstić information content (AvgIpc) is 2.25. The predicted molar refractivity (Wildman–Crippen MR) is 52.9 cm³/mol. The van der Waals surface area contributed by atoms with Gasteiger partial charge in [0.15, 0.2) is 0 Å². The van der Waals surface area contributed by atoms with Gasteiger partial charge >= 0.3 is 0 Å². The smallest absolute Gasteiger partial charge is 0.135 e. The maximum atomic E-state index is 2.59. The summed E-state index contributed by atoms with van der Waals surface area (Å²) in [5.41, 5.74) is 0. The Morgan fingerprint density at radius 2 is 2.00 bits per heavy atom. The van der Waals surface area contributed by atoms with Crippen molar-refractivity contribution in [2.75, 3.05) is 33.9 Å². The van der Waals surface area contributed by atoms with E-state index >= 15 is 0 Å². The van der Waals surface area contributed by atoms with E-state index in [1.807, 2.05) is 0 Å². The Morgan fingerprint density at radius 3 is 2.42 bits per heavy atom. The van der Waals surface area contributed by atoms with Gasteiger partial charge in [0.1, 0.15) is 12.7 Å². The summed E-state index contributed by atoms with van der Waals surface area (Å²) in [6, 6.07) is 0.858. The van der Waals surface area contributed by atoms with Crippen molar-refractivity contribution in [2.45, 2.75) is 32.7 Å². The lowest BCUT2D eigenvalue weighted by Gasteiger charge is -2.29. The van der Waals surface area contributed by atoms with Crippen LogP contribution in [0.5, 0.6) is 0 Å². The molecular formula is C10H23N2+. The molecule has 0 bridgehead atoms. The van der Waals surface area contributed by atoms with Crippen molar-refractivity contribution in [3.05, 3.63) is 0 Å². The monoisotopic (exact) mass is 171 g/mol. The van der Waals surface area contributed by atoms with Crippen LogP contribution < -0.4 is 0 Å². The van der Waals surface area contributed by atoms with Gasteiger partial charge in [-0.05, 0) is 12.8 Å². The topological polar surface area (TPSA) is 3.24 Å². The van der Waals surface area contributed by atoms with Gasteiger partial charge in [0.25, 0.3) is 0 Å². The van der Waals surface area contributed by atoms with E-state index in [4.69, 9.17) is 0 Å². The molecule has 0 aromatic rings. The molecule has 2 nitrogen and oxygen atoms in total. The van der Waals surface area contributed by atoms with Crippen molar-refractivity contribution in [1.82, 2.24) is 4.90 Å². The van der Waals surface area contributed by atoms with E-state index < -0.39 is 0 Å². The first-order valence-electron chi connectivity index (χ1n) is 5.15. The Morgan fingerprint density at radius 1 is 1.33 bits per heavy atom. The van der Waals surface area contributed by atoms with Gasteiger partial charge < -0.3 is 4.48 Å². The van der Waals surface area contributed by atoms with Gasteiger partial charge in [0.2, 0.25) is 0 Å². The molecule has 0 radical (unpaired) electrons. The molecule has 2 heteroatoms. The molecule has 0 N–H and O–H groups in total. The first-order chi connectivity index (χ1) is 5.60. The third-order valence-electron chi connectivity index (χ3n) is 3.03. The summed E-state index contributed by atoms with van der Waals surface area (Å²) in [4.78, 5) is 2.59. The van der Waals surface area contributed by atoms with Crippen LogP contribution in [0.15, 0.2) is 0 Å². The lowest BCUT2D eigenvalue weighted by molar-refractivity contribution is -0.905. The third-order valence-corrected chi connectivity index (χ3v) is 3.03. The summed E-state index contributed by atoms with van der Waals surface area (Å²) in [6.07, 6.45) is 2.60. The molecule has 0 aromatic heterocycles. The van der Waals surface area contributed by atoms with Crippen molar-refractivity contribution in [3.63, 3.8) is 0 Å². The predicted octanol–water partition coefficient (Wildman–Crippen LogP) is 1.52. The Hall–Kier alpha value is -0.0800. The highest BCUT2D eigenvalue weighted by Gasteiger charge is 2.37. The van der Waals surface area contributed by atoms with Crippen LogP contribution in [-0.2, 0) is 0 Å². The minimum atomic E-state index is 0.858. The Kier molecular flexibility index (Phi) is 3.13. The van der Waals surface area contributed by atoms with Crippen LogP contribution in [0.2, 0.25) is 0 Å². The SMILES string of the molecule is CCCN1CC(CC)[N+](C)(C)C1. The van der Waals surface area contributed by atoms with Crippen molar-refractivity contribution in [2.24, 2.45) is 0 Å². The molecule has 0 aliphatic carbocycles. The van der Waals surface area contributed by atoms with Crippen LogP contribution in [0.25, 0.3) is 0 Å². The molecule has 0 saturated carbocycles. The maximum Gasteiger partial charge on any atom is 0.135 e. The fourth-order valence-corrected chi connectivity index (χ4v) is 2.31. The third kappa shape index (κ3) is 1.99. The second-order valence-electron chi connectivity index (χ2n) is 4.56. The second kappa shape index (κ2) is 3.75. The molecule has 0 spiro atoms. The van der Waals surface area contributed by atoms with Crippen molar-refractivity contribution in [1.29, 1.82) is 0 Å². The summed E-state index contributed by atoms with van der Waals surface area (Å²) in [6.45, 7) is 8.39. The zero-order valence-electron chi connectivity index (χ0n) is 9.01. The molecule has 1 saturated heterocycles. The Labute approximate surface area is 76.7 Å². The summed E-state index contributed by atoms with van der Waals surface area (Å²) in [7, 11) is 4.70. The molecule has 12 heavy (non-hydrogen) atoms. The van der Waals surface area contributed by atoms with Crippen LogP contribution in [0.4, 0.5) is 0 Å². The van der Waals surface area contributed by atoms with Gasteiger partial charge in [-0.15, -0.1) is 0 Å². The van der Waals surface area contributed by atoms with Crippen molar-refractivity contribution < 1.29 is 4.48 Å². The molecular weight excluding hydrogens is 148 g/mol. The normalized spacial score (nSPS) is 29.5. The maximum absolute atomic E-state index is 2.59. The van der Waals surface area contributed by atoms with Gasteiger partial charge in [-0.25, -0.2) is 0 Å². The zero-order valence-corrected chi connectivity index (χ0v) is 9.01. The van der Waals surface area contributed by atoms with E-state index in [-0.39, 0.29) is 0 Å². The zero-order chi connectivity index (χ0) is 9.19. The first kappa shape index (κ1) is 10.0. The molecule has 0 amide bonds. The van der Waals surface area contributed by atoms with Gasteiger partial charge in [-0.2, -0.15) is 0 Å². The number of likely N-dealkylation sites (N-methyl/N-ethyl adjacent to an activating group) is 1. The molecule has 1 atom stereocenters. The van der Waals surface area contributed by atoms with E-state index in [1.54, 1.807) is 0 Å². The van der Waals surface area contributed by atoms with Gasteiger partial charge in [-0.1, -0.05) is 13.8 Å². The standard InChI is InChI=1S/C10H23N2/c1-5-7-11-8-10(6-2)12(3,4)9-11/h10H,5-9H2,1-4H3/q+1. The van der Waals surface area contributed by atoms with Gasteiger partial charge in [0.05, 0.1) is 20.6 Å². The van der Waals surface area contributed by atoms with Crippen LogP contribution in [-0.4, -0.2) is 49.3 Å². The number of hydrogen-bond acceptors (Lipinski definition) is 1. The largest absolute Gasteiger partial charge is 0.312 e. The summed E-state index contributed by atoms with van der Waals surface area (Å²) < 4.78 is 1.19. The Balaban J connectivity index is 2.48. The summed E-state index contributed by atoms with van der Waals surface area (Å²) in [5.74, 6) is 0. The molecule has 0 aromatic carbocycles. The van der Waals surface area contributed by atoms with E-state index in [1.165, 1.54) is 37.1 Å². The van der Waals surface area contributed by atoms with E-state index in [0.717, 1.165) is 6.04 Å². The highest BCUT2D eigenvalue weighted by atomic mass is 15.5. The minimum absolute atomic E-state index is 0.858. The van der Waals surface area contributed by atoms with Crippen molar-refractivity contribution in [3.8, 4) is 0 Å². The highest BCUT2D eigenvalue weighted by Crippen LogP contribution is 2.20. The first-order valence-corrected chi connectivity index (χ1v) is 5.15. The van der Waals surface area contributed by atoms with Crippen LogP contribution in [0.3, 0.4) is 0 Å². The Bertz CT molecular complexity index is 143. The molecule has 1 rings (SSSR count). The van der Waals surface area contributed by atoms with Crippen molar-refractivity contribution >= 4 is 0 Å². The lowest BCUT2D eigenvalue weighted by atomic mass is 10.2. The van der Waals surface area contributed by atoms with E-state index in [0.29, 0.717) is 0 Å². The number of hydrogen-bond donors (Lipinski definition) is 0. The number of rotatable bonds is 3. The number of quaternary nitrogens is 1. The average molecular weight is 171 g/mol. The summed E-state index contributed by atoms with van der Waals surface area (Å²) in [5, 5.41) is 0. The quantitative estimate of drug-likeness (QED) is 0.582. The van der Waals surface area contributed by atoms with Crippen LogP contribution >= 0.6 is 0 Å². The molecule has 1 unspecified atom stereocenters. The molecule has 1 aliphatic heterocycles. The highest BCUT2D eigenvalue weighted by molar-refractivity contribution is 4.69. The van der Waals surface area contributed by atoms with Crippen LogP contribution in [0, 0.1) is 0 Å². The number of nitrogens with zero attached hydrogens (tertiary/aromatic N) is 2. The lowest BCUT2D eigenvalue weighted by Crippen LogP contribution is -2.45. The molecule has 1 fully saturated rings. The van der Waals surface area contributed by atoms with E-state index in [9.17, 15) is 0 Å².